The summed E-state index contributed by atoms with van der Waals surface area (Å²) >= 11 is 17.5. The second kappa shape index (κ2) is 7.66. The third-order valence-corrected chi connectivity index (χ3v) is 5.13. The zero-order valence-corrected chi connectivity index (χ0v) is 16.5. The largest absolute Gasteiger partial charge is 0.351 e. The first kappa shape index (κ1) is 18.7. The summed E-state index contributed by atoms with van der Waals surface area (Å²) < 4.78 is 0. The topological polar surface area (TPSA) is 53.2 Å². The van der Waals surface area contributed by atoms with Crippen molar-refractivity contribution in [3.8, 4) is 0 Å². The molecule has 0 aromatic heterocycles. The van der Waals surface area contributed by atoms with Gasteiger partial charge in [0.05, 0.1) is 27.3 Å². The number of allylic oxidation sites excluding steroid dienone is 1. The van der Waals surface area contributed by atoms with Crippen LogP contribution in [0.15, 0.2) is 53.7 Å². The van der Waals surface area contributed by atoms with E-state index in [-0.39, 0.29) is 11.9 Å². The molecule has 0 radical (unpaired) electrons. The average molecular weight is 406 g/mol. The fraction of sp³-hybridized carbons (Fsp3) is 0.158. The monoisotopic (exact) mass is 405 g/mol. The maximum Gasteiger partial charge on any atom is 0.255 e. The first-order chi connectivity index (χ1) is 12.4. The van der Waals surface area contributed by atoms with E-state index < -0.39 is 0 Å². The van der Waals surface area contributed by atoms with E-state index >= 15 is 0 Å². The number of thiocarbonyl (C=S) groups is 1. The minimum Gasteiger partial charge on any atom is -0.351 e. The minimum absolute atomic E-state index is 0.277. The van der Waals surface area contributed by atoms with Crippen LogP contribution in [0.2, 0.25) is 10.0 Å². The molecule has 26 heavy (non-hydrogen) atoms. The number of anilines is 1. The molecule has 134 valence electrons. The van der Waals surface area contributed by atoms with Gasteiger partial charge in [0.2, 0.25) is 0 Å². The molecule has 0 spiro atoms. The van der Waals surface area contributed by atoms with Crippen LogP contribution in [-0.2, 0) is 4.79 Å². The van der Waals surface area contributed by atoms with Gasteiger partial charge in [-0.2, -0.15) is 0 Å². The van der Waals surface area contributed by atoms with Gasteiger partial charge in [-0.15, -0.1) is 0 Å². The van der Waals surface area contributed by atoms with E-state index in [0.29, 0.717) is 32.1 Å². The molecule has 4 nitrogen and oxygen atoms in total. The number of hydrogen-bond acceptors (Lipinski definition) is 2. The van der Waals surface area contributed by atoms with E-state index in [1.54, 1.807) is 18.2 Å². The Hall–Kier alpha value is -2.08. The number of carbonyl (C=O) groups is 1. The number of carbonyl (C=O) groups excluding carboxylic acids is 1. The summed E-state index contributed by atoms with van der Waals surface area (Å²) in [5.74, 6) is -0.277. The van der Waals surface area contributed by atoms with E-state index in [2.05, 4.69) is 16.0 Å². The van der Waals surface area contributed by atoms with Crippen LogP contribution >= 0.6 is 35.4 Å². The summed E-state index contributed by atoms with van der Waals surface area (Å²) in [5.41, 5.74) is 3.75. The second-order valence-corrected chi connectivity index (χ2v) is 7.23. The SMILES string of the molecule is CC1=C(C(=O)Nc2cccc(Cl)c2Cl)C(c2cccc(C)c2)NC(=S)N1. The molecule has 1 aliphatic heterocycles. The van der Waals surface area contributed by atoms with Gasteiger partial charge >= 0.3 is 0 Å². The Morgan fingerprint density at radius 3 is 2.62 bits per heavy atom. The van der Waals surface area contributed by atoms with Crippen molar-refractivity contribution in [3.63, 3.8) is 0 Å². The van der Waals surface area contributed by atoms with Crippen molar-refractivity contribution in [1.29, 1.82) is 0 Å². The quantitative estimate of drug-likeness (QED) is 0.645. The van der Waals surface area contributed by atoms with Crippen molar-refractivity contribution >= 4 is 52.1 Å². The lowest BCUT2D eigenvalue weighted by molar-refractivity contribution is -0.113. The van der Waals surface area contributed by atoms with Gasteiger partial charge < -0.3 is 16.0 Å². The summed E-state index contributed by atoms with van der Waals surface area (Å²) in [5, 5.41) is 10.2. The van der Waals surface area contributed by atoms with Gasteiger partial charge in [-0.1, -0.05) is 59.1 Å². The van der Waals surface area contributed by atoms with Gasteiger partial charge in [0.25, 0.3) is 5.91 Å². The van der Waals surface area contributed by atoms with Gasteiger partial charge in [0, 0.05) is 5.70 Å². The number of benzene rings is 2. The highest BCUT2D eigenvalue weighted by Gasteiger charge is 2.30. The predicted molar refractivity (Wildman–Crippen MR) is 111 cm³/mol. The highest BCUT2D eigenvalue weighted by Crippen LogP contribution is 2.32. The van der Waals surface area contributed by atoms with Gasteiger partial charge in [-0.3, -0.25) is 4.79 Å². The molecule has 3 N–H and O–H groups in total. The Morgan fingerprint density at radius 2 is 1.88 bits per heavy atom. The van der Waals surface area contributed by atoms with E-state index in [0.717, 1.165) is 11.1 Å². The Morgan fingerprint density at radius 1 is 1.15 bits per heavy atom. The smallest absolute Gasteiger partial charge is 0.255 e. The Balaban J connectivity index is 1.98. The maximum atomic E-state index is 13.0. The van der Waals surface area contributed by atoms with Gasteiger partial charge in [0.15, 0.2) is 5.11 Å². The van der Waals surface area contributed by atoms with Crippen LogP contribution in [-0.4, -0.2) is 11.0 Å². The van der Waals surface area contributed by atoms with Crippen LogP contribution in [0, 0.1) is 6.92 Å². The van der Waals surface area contributed by atoms with Crippen molar-refractivity contribution in [3.05, 3.63) is 74.9 Å². The number of aryl methyl sites for hydroxylation is 1. The molecular weight excluding hydrogens is 389 g/mol. The van der Waals surface area contributed by atoms with E-state index in [1.807, 2.05) is 38.1 Å². The Labute approximate surface area is 167 Å². The van der Waals surface area contributed by atoms with Gasteiger partial charge in [-0.05, 0) is 43.8 Å². The maximum absolute atomic E-state index is 13.0. The number of amides is 1. The molecule has 0 saturated carbocycles. The molecule has 2 aromatic rings. The van der Waals surface area contributed by atoms with Crippen LogP contribution in [0.4, 0.5) is 5.69 Å². The molecule has 3 rings (SSSR count). The highest BCUT2D eigenvalue weighted by atomic mass is 35.5. The molecule has 0 bridgehead atoms. The molecule has 1 amide bonds. The molecule has 0 saturated heterocycles. The van der Waals surface area contributed by atoms with Gasteiger partial charge in [-0.25, -0.2) is 0 Å². The minimum atomic E-state index is -0.360. The summed E-state index contributed by atoms with van der Waals surface area (Å²) in [7, 11) is 0. The fourth-order valence-electron chi connectivity index (χ4n) is 2.88. The van der Waals surface area contributed by atoms with E-state index in [4.69, 9.17) is 35.4 Å². The summed E-state index contributed by atoms with van der Waals surface area (Å²) in [6, 6.07) is 12.7. The highest BCUT2D eigenvalue weighted by molar-refractivity contribution is 7.80. The first-order valence-electron chi connectivity index (χ1n) is 7.97. The van der Waals surface area contributed by atoms with E-state index in [9.17, 15) is 4.79 Å². The van der Waals surface area contributed by atoms with Crippen molar-refractivity contribution in [2.75, 3.05) is 5.32 Å². The fourth-order valence-corrected chi connectivity index (χ4v) is 3.50. The zero-order chi connectivity index (χ0) is 18.8. The van der Waals surface area contributed by atoms with Gasteiger partial charge in [0.1, 0.15) is 0 Å². The number of hydrogen-bond donors (Lipinski definition) is 3. The molecule has 1 unspecified atom stereocenters. The Kier molecular flexibility index (Phi) is 5.51. The summed E-state index contributed by atoms with van der Waals surface area (Å²) in [4.78, 5) is 13.0. The van der Waals surface area contributed by atoms with Crippen LogP contribution < -0.4 is 16.0 Å². The lowest BCUT2D eigenvalue weighted by Crippen LogP contribution is -2.45. The molecular formula is C19H17Cl2N3OS. The average Bonchev–Trinajstić information content (AvgIpc) is 2.58. The summed E-state index contributed by atoms with van der Waals surface area (Å²) in [6.45, 7) is 3.83. The molecule has 7 heteroatoms. The van der Waals surface area contributed by atoms with Crippen LogP contribution in [0.25, 0.3) is 0 Å². The van der Waals surface area contributed by atoms with Crippen LogP contribution in [0.3, 0.4) is 0 Å². The molecule has 1 heterocycles. The third kappa shape index (κ3) is 3.85. The third-order valence-electron chi connectivity index (χ3n) is 4.09. The number of halogens is 2. The van der Waals surface area contributed by atoms with E-state index in [1.165, 1.54) is 0 Å². The van der Waals surface area contributed by atoms with Crippen LogP contribution in [0.1, 0.15) is 24.1 Å². The van der Waals surface area contributed by atoms with Crippen LogP contribution in [0.5, 0.6) is 0 Å². The molecule has 2 aromatic carbocycles. The Bertz CT molecular complexity index is 927. The second-order valence-electron chi connectivity index (χ2n) is 6.04. The lowest BCUT2D eigenvalue weighted by atomic mass is 9.94. The predicted octanol–water partition coefficient (Wildman–Crippen LogP) is 4.73. The normalized spacial score (nSPS) is 16.8. The number of nitrogens with one attached hydrogen (secondary N) is 3. The molecule has 0 aliphatic carbocycles. The molecule has 1 aliphatic rings. The molecule has 0 fully saturated rings. The molecule has 1 atom stereocenters. The summed E-state index contributed by atoms with van der Waals surface area (Å²) in [6.07, 6.45) is 0. The van der Waals surface area contributed by atoms with Crippen molar-refractivity contribution in [2.24, 2.45) is 0 Å². The van der Waals surface area contributed by atoms with Crippen molar-refractivity contribution in [2.45, 2.75) is 19.9 Å². The lowest BCUT2D eigenvalue weighted by Gasteiger charge is -2.30. The standard InChI is InChI=1S/C19H17Cl2N3OS/c1-10-5-3-6-12(9-10)17-15(11(2)22-19(26)24-17)18(25)23-14-8-4-7-13(20)16(14)21/h3-9,17H,1-2H3,(H,23,25)(H2,22,24,26). The first-order valence-corrected chi connectivity index (χ1v) is 9.13. The number of rotatable bonds is 3. The van der Waals surface area contributed by atoms with Crippen molar-refractivity contribution < 1.29 is 4.79 Å². The zero-order valence-electron chi connectivity index (χ0n) is 14.2. The van der Waals surface area contributed by atoms with Crippen molar-refractivity contribution in [1.82, 2.24) is 10.6 Å².